The van der Waals surface area contributed by atoms with E-state index in [9.17, 15) is 9.59 Å². The molecule has 0 saturated carbocycles. The lowest BCUT2D eigenvalue weighted by Gasteiger charge is -2.18. The molecular formula is C26H23Cl2NO2. The van der Waals surface area contributed by atoms with Crippen molar-refractivity contribution in [3.05, 3.63) is 111 Å². The third-order valence-electron chi connectivity index (χ3n) is 5.00. The number of amides is 1. The standard InChI is InChI=1S/C26H23Cl2NO2/c1-18(30)23(16-19-12-13-24(27)25(28)17-19)26(31)29-15-14-22(20-8-4-2-5-9-20)21-10-6-3-7-11-21/h2-13,16-17,22H,14-15H2,1H3,(H,29,31). The number of hydrogen-bond acceptors (Lipinski definition) is 2. The molecule has 0 aromatic heterocycles. The van der Waals surface area contributed by atoms with E-state index in [0.717, 1.165) is 0 Å². The van der Waals surface area contributed by atoms with Crippen molar-refractivity contribution in [1.82, 2.24) is 5.32 Å². The first-order valence-corrected chi connectivity index (χ1v) is 10.8. The first kappa shape index (κ1) is 22.8. The average Bonchev–Trinajstić information content (AvgIpc) is 2.78. The number of rotatable bonds is 8. The summed E-state index contributed by atoms with van der Waals surface area (Å²) in [4.78, 5) is 24.8. The van der Waals surface area contributed by atoms with Gasteiger partial charge in [-0.15, -0.1) is 0 Å². The second kappa shape index (κ2) is 10.9. The van der Waals surface area contributed by atoms with Crippen LogP contribution in [0.4, 0.5) is 0 Å². The van der Waals surface area contributed by atoms with Crippen LogP contribution in [0.15, 0.2) is 84.4 Å². The second-order valence-electron chi connectivity index (χ2n) is 7.21. The minimum absolute atomic E-state index is 0.0781. The molecule has 3 aromatic rings. The van der Waals surface area contributed by atoms with Crippen LogP contribution in [-0.4, -0.2) is 18.2 Å². The summed E-state index contributed by atoms with van der Waals surface area (Å²) in [6.45, 7) is 1.80. The molecule has 3 aromatic carbocycles. The van der Waals surface area contributed by atoms with Gasteiger partial charge < -0.3 is 5.32 Å². The Kier molecular flexibility index (Phi) is 8.05. The summed E-state index contributed by atoms with van der Waals surface area (Å²) in [5.74, 6) is -0.577. The Balaban J connectivity index is 1.73. The lowest BCUT2D eigenvalue weighted by molar-refractivity contribution is -0.121. The third-order valence-corrected chi connectivity index (χ3v) is 5.74. The van der Waals surface area contributed by atoms with Gasteiger partial charge in [0.1, 0.15) is 0 Å². The molecule has 0 spiro atoms. The minimum Gasteiger partial charge on any atom is -0.352 e. The molecule has 31 heavy (non-hydrogen) atoms. The highest BCUT2D eigenvalue weighted by Gasteiger charge is 2.17. The summed E-state index contributed by atoms with van der Waals surface area (Å²) in [5, 5.41) is 3.68. The zero-order chi connectivity index (χ0) is 22.2. The van der Waals surface area contributed by atoms with E-state index in [1.54, 1.807) is 18.2 Å². The van der Waals surface area contributed by atoms with Gasteiger partial charge >= 0.3 is 0 Å². The second-order valence-corrected chi connectivity index (χ2v) is 8.02. The highest BCUT2D eigenvalue weighted by atomic mass is 35.5. The molecule has 3 rings (SSSR count). The molecule has 158 valence electrons. The van der Waals surface area contributed by atoms with Gasteiger partial charge in [-0.3, -0.25) is 9.59 Å². The maximum atomic E-state index is 12.7. The van der Waals surface area contributed by atoms with Crippen molar-refractivity contribution in [2.75, 3.05) is 6.54 Å². The number of halogens is 2. The predicted molar refractivity (Wildman–Crippen MR) is 127 cm³/mol. The number of carbonyl (C=O) groups excluding carboxylic acids is 2. The zero-order valence-corrected chi connectivity index (χ0v) is 18.7. The maximum Gasteiger partial charge on any atom is 0.254 e. The van der Waals surface area contributed by atoms with Crippen LogP contribution in [0.1, 0.15) is 36.0 Å². The van der Waals surface area contributed by atoms with Crippen LogP contribution < -0.4 is 5.32 Å². The van der Waals surface area contributed by atoms with E-state index in [1.165, 1.54) is 24.1 Å². The van der Waals surface area contributed by atoms with E-state index in [-0.39, 0.29) is 17.3 Å². The van der Waals surface area contributed by atoms with Gasteiger partial charge in [-0.05, 0) is 48.2 Å². The predicted octanol–water partition coefficient (Wildman–Crippen LogP) is 6.30. The Hall–Kier alpha value is -2.88. The average molecular weight is 452 g/mol. The van der Waals surface area contributed by atoms with E-state index in [4.69, 9.17) is 23.2 Å². The van der Waals surface area contributed by atoms with Crippen molar-refractivity contribution >= 4 is 41.0 Å². The molecule has 0 aliphatic rings. The number of Topliss-reactive ketones (excluding diaryl/α,β-unsaturated/α-hetero) is 1. The molecule has 0 radical (unpaired) electrons. The highest BCUT2D eigenvalue weighted by molar-refractivity contribution is 6.42. The van der Waals surface area contributed by atoms with Crippen LogP contribution in [0.25, 0.3) is 6.08 Å². The van der Waals surface area contributed by atoms with Gasteiger partial charge in [0.05, 0.1) is 15.6 Å². The molecule has 0 unspecified atom stereocenters. The molecule has 0 saturated heterocycles. The van der Waals surface area contributed by atoms with Gasteiger partial charge in [-0.2, -0.15) is 0 Å². The summed E-state index contributed by atoms with van der Waals surface area (Å²) >= 11 is 12.0. The largest absolute Gasteiger partial charge is 0.352 e. The number of nitrogens with one attached hydrogen (secondary N) is 1. The molecule has 1 N–H and O–H groups in total. The quantitative estimate of drug-likeness (QED) is 0.248. The SMILES string of the molecule is CC(=O)C(=Cc1ccc(Cl)c(Cl)c1)C(=O)NCCC(c1ccccc1)c1ccccc1. The maximum absolute atomic E-state index is 12.7. The Labute approximate surface area is 192 Å². The molecule has 3 nitrogen and oxygen atoms in total. The van der Waals surface area contributed by atoms with Crippen LogP contribution in [0.5, 0.6) is 0 Å². The van der Waals surface area contributed by atoms with Crippen LogP contribution in [0, 0.1) is 0 Å². The van der Waals surface area contributed by atoms with Crippen molar-refractivity contribution < 1.29 is 9.59 Å². The summed E-state index contributed by atoms with van der Waals surface area (Å²) in [7, 11) is 0. The van der Waals surface area contributed by atoms with E-state index in [2.05, 4.69) is 29.6 Å². The Bertz CT molecular complexity index is 1040. The van der Waals surface area contributed by atoms with Crippen molar-refractivity contribution in [2.45, 2.75) is 19.3 Å². The van der Waals surface area contributed by atoms with E-state index >= 15 is 0 Å². The van der Waals surface area contributed by atoms with E-state index in [0.29, 0.717) is 28.6 Å². The number of ketones is 1. The normalized spacial score (nSPS) is 11.4. The fourth-order valence-electron chi connectivity index (χ4n) is 3.42. The molecule has 0 heterocycles. The Morgan fingerprint density at radius 2 is 1.45 bits per heavy atom. The first-order chi connectivity index (χ1) is 15.0. The van der Waals surface area contributed by atoms with Gasteiger partial charge in [-0.1, -0.05) is 89.9 Å². The molecule has 0 fully saturated rings. The number of carbonyl (C=O) groups is 2. The molecule has 0 atom stereocenters. The third kappa shape index (κ3) is 6.30. The fourth-order valence-corrected chi connectivity index (χ4v) is 3.72. The van der Waals surface area contributed by atoms with Gasteiger partial charge in [0.25, 0.3) is 5.91 Å². The van der Waals surface area contributed by atoms with Crippen molar-refractivity contribution in [3.8, 4) is 0 Å². The van der Waals surface area contributed by atoms with E-state index in [1.807, 2.05) is 36.4 Å². The number of benzene rings is 3. The molecule has 0 aliphatic carbocycles. The monoisotopic (exact) mass is 451 g/mol. The minimum atomic E-state index is -0.404. The summed E-state index contributed by atoms with van der Waals surface area (Å²) < 4.78 is 0. The van der Waals surface area contributed by atoms with Crippen molar-refractivity contribution in [3.63, 3.8) is 0 Å². The van der Waals surface area contributed by atoms with Crippen LogP contribution in [0.2, 0.25) is 10.0 Å². The smallest absolute Gasteiger partial charge is 0.254 e. The zero-order valence-electron chi connectivity index (χ0n) is 17.1. The van der Waals surface area contributed by atoms with Crippen LogP contribution in [0.3, 0.4) is 0 Å². The van der Waals surface area contributed by atoms with Gasteiger partial charge in [-0.25, -0.2) is 0 Å². The lowest BCUT2D eigenvalue weighted by atomic mass is 9.88. The lowest BCUT2D eigenvalue weighted by Crippen LogP contribution is -2.29. The molecule has 0 aliphatic heterocycles. The topological polar surface area (TPSA) is 46.2 Å². The molecule has 0 bridgehead atoms. The van der Waals surface area contributed by atoms with E-state index < -0.39 is 5.91 Å². The molecule has 1 amide bonds. The number of hydrogen-bond donors (Lipinski definition) is 1. The van der Waals surface area contributed by atoms with Crippen molar-refractivity contribution in [2.24, 2.45) is 0 Å². The van der Waals surface area contributed by atoms with Gasteiger partial charge in [0.15, 0.2) is 5.78 Å². The fraction of sp³-hybridized carbons (Fsp3) is 0.154. The molecule has 5 heteroatoms. The summed E-state index contributed by atoms with van der Waals surface area (Å²) in [6.07, 6.45) is 2.24. The van der Waals surface area contributed by atoms with Crippen LogP contribution in [-0.2, 0) is 9.59 Å². The van der Waals surface area contributed by atoms with Gasteiger partial charge in [0, 0.05) is 12.5 Å². The summed E-state index contributed by atoms with van der Waals surface area (Å²) in [5.41, 5.74) is 3.08. The van der Waals surface area contributed by atoms with Crippen LogP contribution >= 0.6 is 23.2 Å². The van der Waals surface area contributed by atoms with Crippen molar-refractivity contribution in [1.29, 1.82) is 0 Å². The molecular weight excluding hydrogens is 429 g/mol. The highest BCUT2D eigenvalue weighted by Crippen LogP contribution is 2.27. The Morgan fingerprint density at radius 3 is 1.97 bits per heavy atom. The Morgan fingerprint density at radius 1 is 0.871 bits per heavy atom. The van der Waals surface area contributed by atoms with Gasteiger partial charge in [0.2, 0.25) is 0 Å². The first-order valence-electron chi connectivity index (χ1n) is 10.0. The summed E-state index contributed by atoms with van der Waals surface area (Å²) in [6, 6.07) is 25.3.